The third-order valence-electron chi connectivity index (χ3n) is 6.33. The van der Waals surface area contributed by atoms with Crippen molar-refractivity contribution in [3.63, 3.8) is 0 Å². The molecule has 0 saturated heterocycles. The van der Waals surface area contributed by atoms with E-state index in [1.807, 2.05) is 66.7 Å². The fourth-order valence-corrected chi connectivity index (χ4v) is 4.57. The summed E-state index contributed by atoms with van der Waals surface area (Å²) in [6, 6.07) is 39.9. The van der Waals surface area contributed by atoms with Gasteiger partial charge in [0, 0.05) is 33.4 Å². The summed E-state index contributed by atoms with van der Waals surface area (Å²) in [6.07, 6.45) is 0. The van der Waals surface area contributed by atoms with Crippen LogP contribution in [0.3, 0.4) is 0 Å². The molecule has 0 aliphatic carbocycles. The van der Waals surface area contributed by atoms with Crippen molar-refractivity contribution < 1.29 is 4.42 Å². The molecule has 0 amide bonds. The second-order valence-corrected chi connectivity index (χ2v) is 8.45. The molecule has 4 heteroatoms. The van der Waals surface area contributed by atoms with Gasteiger partial charge in [-0.05, 0) is 60.2 Å². The van der Waals surface area contributed by atoms with E-state index in [1.54, 1.807) is 0 Å². The molecule has 6 rings (SSSR count). The van der Waals surface area contributed by atoms with Crippen LogP contribution in [0.1, 0.15) is 5.56 Å². The molecular weight excluding hydrogens is 442 g/mol. The maximum Gasteiger partial charge on any atom is 0.187 e. The number of benzene rings is 5. The van der Waals surface area contributed by atoms with Crippen molar-refractivity contribution in [1.29, 1.82) is 5.26 Å². The van der Waals surface area contributed by atoms with Crippen molar-refractivity contribution in [2.45, 2.75) is 0 Å². The van der Waals surface area contributed by atoms with Crippen LogP contribution in [-0.2, 0) is 0 Å². The smallest absolute Gasteiger partial charge is 0.187 e. The molecule has 0 bridgehead atoms. The predicted octanol–water partition coefficient (Wildman–Crippen LogP) is 9.15. The largest absolute Gasteiger partial charge is 0.455 e. The van der Waals surface area contributed by atoms with Gasteiger partial charge < -0.3 is 9.32 Å². The van der Waals surface area contributed by atoms with Crippen LogP contribution < -0.4 is 4.90 Å². The fraction of sp³-hybridized carbons (Fsp3) is 0. The SMILES string of the molecule is [C-]#[N+]c1ccc(N(c2ccc(C#N)cc2)c2ccc(-c3cccc4c3oc3ccccc34)cc2)cc1. The first kappa shape index (κ1) is 21.2. The van der Waals surface area contributed by atoms with Gasteiger partial charge >= 0.3 is 0 Å². The Kier molecular flexibility index (Phi) is 5.19. The molecule has 0 aliphatic heterocycles. The molecule has 0 N–H and O–H groups in total. The van der Waals surface area contributed by atoms with Crippen molar-refractivity contribution in [1.82, 2.24) is 0 Å². The van der Waals surface area contributed by atoms with Gasteiger partial charge in [-0.15, -0.1) is 0 Å². The summed E-state index contributed by atoms with van der Waals surface area (Å²) < 4.78 is 6.24. The fourth-order valence-electron chi connectivity index (χ4n) is 4.57. The van der Waals surface area contributed by atoms with Crippen LogP contribution >= 0.6 is 0 Å². The summed E-state index contributed by atoms with van der Waals surface area (Å²) in [5.74, 6) is 0. The van der Waals surface area contributed by atoms with Gasteiger partial charge in [0.05, 0.1) is 18.2 Å². The molecule has 0 fully saturated rings. The number of nitriles is 1. The highest BCUT2D eigenvalue weighted by Crippen LogP contribution is 2.39. The average molecular weight is 462 g/mol. The molecule has 0 atom stereocenters. The maximum absolute atomic E-state index is 9.22. The first-order chi connectivity index (χ1) is 17.7. The second-order valence-electron chi connectivity index (χ2n) is 8.45. The van der Waals surface area contributed by atoms with Gasteiger partial charge in [-0.25, -0.2) is 4.85 Å². The van der Waals surface area contributed by atoms with E-state index in [-0.39, 0.29) is 0 Å². The highest BCUT2D eigenvalue weighted by atomic mass is 16.3. The molecule has 4 nitrogen and oxygen atoms in total. The van der Waals surface area contributed by atoms with Crippen molar-refractivity contribution in [3.05, 3.63) is 132 Å². The zero-order valence-electron chi connectivity index (χ0n) is 19.2. The topological polar surface area (TPSA) is 44.5 Å². The Labute approximate surface area is 208 Å². The van der Waals surface area contributed by atoms with Crippen LogP contribution in [0.15, 0.2) is 120 Å². The Balaban J connectivity index is 1.44. The van der Waals surface area contributed by atoms with E-state index >= 15 is 0 Å². The third-order valence-corrected chi connectivity index (χ3v) is 6.33. The quantitative estimate of drug-likeness (QED) is 0.246. The number of rotatable bonds is 4. The van der Waals surface area contributed by atoms with Crippen LogP contribution in [0.4, 0.5) is 22.7 Å². The van der Waals surface area contributed by atoms with E-state index in [0.717, 1.165) is 50.1 Å². The maximum atomic E-state index is 9.22. The van der Waals surface area contributed by atoms with Gasteiger partial charge in [-0.3, -0.25) is 0 Å². The number of nitrogens with zero attached hydrogens (tertiary/aromatic N) is 3. The van der Waals surface area contributed by atoms with Gasteiger partial charge in [0.15, 0.2) is 5.69 Å². The Hall–Kier alpha value is -5.32. The average Bonchev–Trinajstić information content (AvgIpc) is 3.33. The van der Waals surface area contributed by atoms with Gasteiger partial charge in [0.1, 0.15) is 11.2 Å². The van der Waals surface area contributed by atoms with Crippen molar-refractivity contribution >= 4 is 44.7 Å². The number of hydrogen-bond acceptors (Lipinski definition) is 3. The lowest BCUT2D eigenvalue weighted by atomic mass is 10.0. The van der Waals surface area contributed by atoms with Gasteiger partial charge in [0.25, 0.3) is 0 Å². The number of fused-ring (bicyclic) bond motifs is 3. The molecule has 1 heterocycles. The molecular formula is C32H19N3O. The number of furan rings is 1. The summed E-state index contributed by atoms with van der Waals surface area (Å²) >= 11 is 0. The highest BCUT2D eigenvalue weighted by molar-refractivity contribution is 6.09. The number of hydrogen-bond donors (Lipinski definition) is 0. The Morgan fingerprint density at radius 2 is 1.28 bits per heavy atom. The molecule has 36 heavy (non-hydrogen) atoms. The van der Waals surface area contributed by atoms with Crippen molar-refractivity contribution in [2.75, 3.05) is 4.90 Å². The van der Waals surface area contributed by atoms with Crippen LogP contribution in [0, 0.1) is 17.9 Å². The predicted molar refractivity (Wildman–Crippen MR) is 145 cm³/mol. The van der Waals surface area contributed by atoms with Crippen LogP contribution in [0.25, 0.3) is 37.9 Å². The summed E-state index contributed by atoms with van der Waals surface area (Å²) in [5, 5.41) is 11.4. The summed E-state index contributed by atoms with van der Waals surface area (Å²) in [7, 11) is 0. The molecule has 0 aliphatic rings. The molecule has 0 unspecified atom stereocenters. The van der Waals surface area contributed by atoms with Gasteiger partial charge in [0.2, 0.25) is 0 Å². The molecule has 5 aromatic carbocycles. The summed E-state index contributed by atoms with van der Waals surface area (Å²) in [5.41, 5.74) is 7.89. The lowest BCUT2D eigenvalue weighted by Gasteiger charge is -2.26. The zero-order valence-corrected chi connectivity index (χ0v) is 19.2. The molecule has 168 valence electrons. The van der Waals surface area contributed by atoms with Gasteiger partial charge in [-0.2, -0.15) is 5.26 Å². The zero-order chi connectivity index (χ0) is 24.5. The third kappa shape index (κ3) is 3.64. The first-order valence-corrected chi connectivity index (χ1v) is 11.5. The minimum absolute atomic E-state index is 0.591. The van der Waals surface area contributed by atoms with E-state index in [9.17, 15) is 5.26 Å². The van der Waals surface area contributed by atoms with Crippen LogP contribution in [-0.4, -0.2) is 0 Å². The van der Waals surface area contributed by atoms with E-state index < -0.39 is 0 Å². The molecule has 6 aromatic rings. The lowest BCUT2D eigenvalue weighted by Crippen LogP contribution is -2.09. The molecule has 1 aromatic heterocycles. The lowest BCUT2D eigenvalue weighted by molar-refractivity contribution is 0.670. The normalized spacial score (nSPS) is 10.7. The van der Waals surface area contributed by atoms with Crippen LogP contribution in [0.2, 0.25) is 0 Å². The van der Waals surface area contributed by atoms with E-state index in [4.69, 9.17) is 11.0 Å². The monoisotopic (exact) mass is 461 g/mol. The molecule has 0 saturated carbocycles. The Morgan fingerprint density at radius 1 is 0.667 bits per heavy atom. The molecule has 0 radical (unpaired) electrons. The van der Waals surface area contributed by atoms with Crippen molar-refractivity contribution in [3.8, 4) is 17.2 Å². The Bertz CT molecular complexity index is 1730. The minimum atomic E-state index is 0.591. The first-order valence-electron chi connectivity index (χ1n) is 11.5. The molecule has 0 spiro atoms. The van der Waals surface area contributed by atoms with E-state index in [1.165, 1.54) is 0 Å². The summed E-state index contributed by atoms with van der Waals surface area (Å²) in [6.45, 7) is 7.27. The Morgan fingerprint density at radius 3 is 1.94 bits per heavy atom. The summed E-state index contributed by atoms with van der Waals surface area (Å²) in [4.78, 5) is 5.62. The second kappa shape index (κ2) is 8.80. The van der Waals surface area contributed by atoms with Crippen molar-refractivity contribution in [2.24, 2.45) is 0 Å². The van der Waals surface area contributed by atoms with E-state index in [2.05, 4.69) is 64.3 Å². The van der Waals surface area contributed by atoms with Gasteiger partial charge in [-0.1, -0.05) is 60.7 Å². The van der Waals surface area contributed by atoms with Crippen LogP contribution in [0.5, 0.6) is 0 Å². The number of anilines is 3. The minimum Gasteiger partial charge on any atom is -0.455 e. The standard InChI is InChI=1S/C32H19N3O/c1-34-24-13-19-27(20-14-24)35(25-15-9-22(21-33)10-16-25)26-17-11-23(12-18-26)28-6-4-7-30-29-5-2-3-8-31(29)36-32(28)30/h2-20H. The van der Waals surface area contributed by atoms with E-state index in [0.29, 0.717) is 11.3 Å². The number of para-hydroxylation sites is 2. The highest BCUT2D eigenvalue weighted by Gasteiger charge is 2.15.